The van der Waals surface area contributed by atoms with Crippen LogP contribution in [0, 0.1) is 11.8 Å². The second-order valence-electron chi connectivity index (χ2n) is 7.03. The third-order valence-corrected chi connectivity index (χ3v) is 6.07. The average Bonchev–Trinajstić information content (AvgIpc) is 3.25. The van der Waals surface area contributed by atoms with Crippen molar-refractivity contribution in [3.05, 3.63) is 35.7 Å². The molecule has 0 bridgehead atoms. The zero-order chi connectivity index (χ0) is 18.8. The quantitative estimate of drug-likeness (QED) is 0.804. The summed E-state index contributed by atoms with van der Waals surface area (Å²) < 4.78 is 0. The topological polar surface area (TPSA) is 79.4 Å². The van der Waals surface area contributed by atoms with Crippen LogP contribution < -0.4 is 5.32 Å². The first kappa shape index (κ1) is 17.9. The van der Waals surface area contributed by atoms with Crippen LogP contribution in [-0.4, -0.2) is 34.2 Å². The fourth-order valence-corrected chi connectivity index (χ4v) is 4.65. The molecule has 1 aliphatic heterocycles. The number of likely N-dealkylation sites (tertiary alicyclic amines) is 1. The van der Waals surface area contributed by atoms with E-state index in [-0.39, 0.29) is 42.5 Å². The summed E-state index contributed by atoms with van der Waals surface area (Å²) in [4.78, 5) is 42.9. The third-order valence-electron chi connectivity index (χ3n) is 5.31. The highest BCUT2D eigenvalue weighted by molar-refractivity contribution is 7.14. The maximum Gasteiger partial charge on any atom is 0.233 e. The lowest BCUT2D eigenvalue weighted by molar-refractivity contribution is -0.140. The average molecular weight is 383 g/mol. The molecule has 2 fully saturated rings. The highest BCUT2D eigenvalue weighted by Gasteiger charge is 2.47. The Morgan fingerprint density at radius 3 is 2.44 bits per heavy atom. The first-order valence-corrected chi connectivity index (χ1v) is 10.2. The Kier molecular flexibility index (Phi) is 5.03. The number of thiazole rings is 1. The van der Waals surface area contributed by atoms with Gasteiger partial charge >= 0.3 is 0 Å². The Morgan fingerprint density at radius 2 is 1.78 bits per heavy atom. The van der Waals surface area contributed by atoms with Gasteiger partial charge in [0.25, 0.3) is 0 Å². The molecule has 7 heteroatoms. The number of carbonyl (C=O) groups is 3. The summed E-state index contributed by atoms with van der Waals surface area (Å²) in [5.74, 6) is -0.765. The number of rotatable bonds is 5. The van der Waals surface area contributed by atoms with Crippen molar-refractivity contribution >= 4 is 34.2 Å². The predicted molar refractivity (Wildman–Crippen MR) is 103 cm³/mol. The smallest absolute Gasteiger partial charge is 0.233 e. The second kappa shape index (κ2) is 7.60. The first-order valence-electron chi connectivity index (χ1n) is 9.29. The maximum absolute atomic E-state index is 12.4. The van der Waals surface area contributed by atoms with Crippen LogP contribution in [0.15, 0.2) is 35.7 Å². The van der Waals surface area contributed by atoms with Crippen molar-refractivity contribution < 1.29 is 14.4 Å². The number of fused-ring (bicyclic) bond motifs is 1. The standard InChI is InChI=1S/C20H21N3O3S/c24-17(22-20-21-16(12-27-20)13-6-2-1-3-7-13)10-11-23-18(25)14-8-4-5-9-15(14)19(23)26/h1-3,6-7,12,14-15H,4-5,8-11H2,(H,21,22,24)/t14-,15-/m1/s1. The van der Waals surface area contributed by atoms with E-state index >= 15 is 0 Å². The van der Waals surface area contributed by atoms with E-state index < -0.39 is 0 Å². The second-order valence-corrected chi connectivity index (χ2v) is 7.89. The number of amides is 3. The Morgan fingerprint density at radius 1 is 1.11 bits per heavy atom. The fourth-order valence-electron chi connectivity index (χ4n) is 3.92. The van der Waals surface area contributed by atoms with Crippen molar-refractivity contribution in [3.8, 4) is 11.3 Å². The van der Waals surface area contributed by atoms with Crippen molar-refractivity contribution in [1.82, 2.24) is 9.88 Å². The molecule has 27 heavy (non-hydrogen) atoms. The zero-order valence-corrected chi connectivity index (χ0v) is 15.7. The van der Waals surface area contributed by atoms with E-state index in [2.05, 4.69) is 10.3 Å². The lowest BCUT2D eigenvalue weighted by atomic mass is 9.81. The van der Waals surface area contributed by atoms with Gasteiger partial charge in [-0.25, -0.2) is 4.98 Å². The van der Waals surface area contributed by atoms with Gasteiger partial charge < -0.3 is 5.32 Å². The molecule has 0 unspecified atom stereocenters. The largest absolute Gasteiger partial charge is 0.302 e. The van der Waals surface area contributed by atoms with Gasteiger partial charge in [0.1, 0.15) is 0 Å². The van der Waals surface area contributed by atoms with Gasteiger partial charge in [-0.15, -0.1) is 11.3 Å². The van der Waals surface area contributed by atoms with Gasteiger partial charge in [0, 0.05) is 23.9 Å². The predicted octanol–water partition coefficient (Wildman–Crippen LogP) is 3.31. The first-order chi connectivity index (χ1) is 13.1. The Bertz CT molecular complexity index is 840. The number of hydrogen-bond donors (Lipinski definition) is 1. The van der Waals surface area contributed by atoms with Crippen LogP contribution in [-0.2, 0) is 14.4 Å². The van der Waals surface area contributed by atoms with Crippen LogP contribution in [0.3, 0.4) is 0 Å². The lowest BCUT2D eigenvalue weighted by Crippen LogP contribution is -2.34. The zero-order valence-electron chi connectivity index (χ0n) is 14.9. The molecule has 1 N–H and O–H groups in total. The molecule has 1 saturated heterocycles. The monoisotopic (exact) mass is 383 g/mol. The number of anilines is 1. The molecule has 3 amide bonds. The van der Waals surface area contributed by atoms with E-state index in [1.807, 2.05) is 35.7 Å². The van der Waals surface area contributed by atoms with E-state index in [0.717, 1.165) is 36.9 Å². The van der Waals surface area contributed by atoms with Gasteiger partial charge in [-0.1, -0.05) is 43.2 Å². The van der Waals surface area contributed by atoms with Crippen LogP contribution in [0.5, 0.6) is 0 Å². The minimum absolute atomic E-state index is 0.0944. The van der Waals surface area contributed by atoms with Crippen molar-refractivity contribution in [2.45, 2.75) is 32.1 Å². The molecule has 2 atom stereocenters. The summed E-state index contributed by atoms with van der Waals surface area (Å²) >= 11 is 1.36. The number of carbonyl (C=O) groups excluding carboxylic acids is 3. The molecule has 2 heterocycles. The summed E-state index contributed by atoms with van der Waals surface area (Å²) in [7, 11) is 0. The van der Waals surface area contributed by atoms with Gasteiger partial charge in [0.05, 0.1) is 17.5 Å². The molecule has 6 nitrogen and oxygen atoms in total. The molecule has 1 aromatic heterocycles. The molecule has 0 spiro atoms. The van der Waals surface area contributed by atoms with E-state index in [4.69, 9.17) is 0 Å². The summed E-state index contributed by atoms with van der Waals surface area (Å²) in [5, 5.41) is 5.18. The van der Waals surface area contributed by atoms with Gasteiger partial charge in [-0.2, -0.15) is 0 Å². The Balaban J connectivity index is 1.33. The molecule has 1 aliphatic carbocycles. The molecule has 140 valence electrons. The molecule has 2 aliphatic rings. The minimum Gasteiger partial charge on any atom is -0.302 e. The third kappa shape index (κ3) is 3.64. The van der Waals surface area contributed by atoms with Crippen molar-refractivity contribution in [1.29, 1.82) is 0 Å². The summed E-state index contributed by atoms with van der Waals surface area (Å²) in [5.41, 5.74) is 1.80. The SMILES string of the molecule is O=C(CCN1C(=O)[C@@H]2CCCC[C@H]2C1=O)Nc1nc(-c2ccccc2)cs1. The highest BCUT2D eigenvalue weighted by atomic mass is 32.1. The van der Waals surface area contributed by atoms with E-state index in [9.17, 15) is 14.4 Å². The molecule has 2 aromatic rings. The van der Waals surface area contributed by atoms with Crippen molar-refractivity contribution in [2.75, 3.05) is 11.9 Å². The van der Waals surface area contributed by atoms with Crippen LogP contribution >= 0.6 is 11.3 Å². The van der Waals surface area contributed by atoms with Crippen LogP contribution in [0.4, 0.5) is 5.13 Å². The highest BCUT2D eigenvalue weighted by Crippen LogP contribution is 2.38. The summed E-state index contributed by atoms with van der Waals surface area (Å²) in [6.07, 6.45) is 3.68. The van der Waals surface area contributed by atoms with Gasteiger partial charge in [-0.3, -0.25) is 19.3 Å². The van der Waals surface area contributed by atoms with Gasteiger partial charge in [-0.05, 0) is 12.8 Å². The van der Waals surface area contributed by atoms with E-state index in [1.54, 1.807) is 0 Å². The minimum atomic E-state index is -0.237. The molecular formula is C20H21N3O3S. The Labute approximate surface area is 161 Å². The maximum atomic E-state index is 12.4. The number of hydrogen-bond acceptors (Lipinski definition) is 5. The molecule has 4 rings (SSSR count). The lowest BCUT2D eigenvalue weighted by Gasteiger charge is -2.19. The fraction of sp³-hybridized carbons (Fsp3) is 0.400. The molecule has 1 aromatic carbocycles. The van der Waals surface area contributed by atoms with E-state index in [1.165, 1.54) is 16.2 Å². The summed E-state index contributed by atoms with van der Waals surface area (Å²) in [6.45, 7) is 0.146. The van der Waals surface area contributed by atoms with E-state index in [0.29, 0.717) is 5.13 Å². The van der Waals surface area contributed by atoms with Crippen molar-refractivity contribution in [2.24, 2.45) is 11.8 Å². The molecular weight excluding hydrogens is 362 g/mol. The molecule has 1 saturated carbocycles. The van der Waals surface area contributed by atoms with Gasteiger partial charge in [0.15, 0.2) is 5.13 Å². The number of imide groups is 1. The summed E-state index contributed by atoms with van der Waals surface area (Å²) in [6, 6.07) is 9.74. The van der Waals surface area contributed by atoms with Crippen molar-refractivity contribution in [3.63, 3.8) is 0 Å². The molecule has 0 radical (unpaired) electrons. The Hall–Kier alpha value is -2.54. The van der Waals surface area contributed by atoms with Crippen LogP contribution in [0.25, 0.3) is 11.3 Å². The number of benzene rings is 1. The normalized spacial score (nSPS) is 22.0. The number of aromatic nitrogens is 1. The van der Waals surface area contributed by atoms with Crippen LogP contribution in [0.2, 0.25) is 0 Å². The van der Waals surface area contributed by atoms with Crippen LogP contribution in [0.1, 0.15) is 32.1 Å². The number of nitrogens with zero attached hydrogens (tertiary/aromatic N) is 2. The number of nitrogens with one attached hydrogen (secondary N) is 1. The van der Waals surface area contributed by atoms with Gasteiger partial charge in [0.2, 0.25) is 17.7 Å².